The van der Waals surface area contributed by atoms with E-state index in [0.717, 1.165) is 30.6 Å². The summed E-state index contributed by atoms with van der Waals surface area (Å²) in [6.07, 6.45) is 2.99. The summed E-state index contributed by atoms with van der Waals surface area (Å²) in [4.78, 5) is 13.9. The number of benzene rings is 1. The number of carbonyl (C=O) groups excluding carboxylic acids is 1. The molecule has 0 saturated carbocycles. The van der Waals surface area contributed by atoms with E-state index in [1.54, 1.807) is 35.6 Å². The van der Waals surface area contributed by atoms with Crippen LogP contribution < -0.4 is 10.1 Å². The smallest absolute Gasteiger partial charge is 0.256 e. The minimum atomic E-state index is -0.194. The summed E-state index contributed by atoms with van der Waals surface area (Å²) < 4.78 is 5.42. The van der Waals surface area contributed by atoms with Gasteiger partial charge in [0, 0.05) is 10.4 Å². The molecule has 27 heavy (non-hydrogen) atoms. The van der Waals surface area contributed by atoms with Crippen molar-refractivity contribution in [1.82, 2.24) is 0 Å². The number of nitrogens with zero attached hydrogens (tertiary/aromatic N) is 1. The zero-order valence-corrected chi connectivity index (χ0v) is 17.2. The van der Waals surface area contributed by atoms with Crippen LogP contribution in [0.2, 0.25) is 0 Å². The average Bonchev–Trinajstić information content (AvgIpc) is 2.97. The highest BCUT2D eigenvalue weighted by Crippen LogP contribution is 2.44. The SMILES string of the molecule is CCOc1ccc(C(=O)Nc2sc3c(c2C#N)CC[C@H](C(C)(C)C)C3)cc1. The Morgan fingerprint density at radius 3 is 2.63 bits per heavy atom. The molecule has 0 unspecified atom stereocenters. The lowest BCUT2D eigenvalue weighted by Crippen LogP contribution is -2.26. The van der Waals surface area contributed by atoms with Crippen LogP contribution in [0.1, 0.15) is 60.5 Å². The van der Waals surface area contributed by atoms with E-state index in [4.69, 9.17) is 4.74 Å². The lowest BCUT2D eigenvalue weighted by molar-refractivity contribution is 0.102. The van der Waals surface area contributed by atoms with Crippen LogP contribution >= 0.6 is 11.3 Å². The lowest BCUT2D eigenvalue weighted by atomic mass is 9.72. The highest BCUT2D eigenvalue weighted by molar-refractivity contribution is 7.16. The Kier molecular flexibility index (Phi) is 5.57. The average molecular weight is 383 g/mol. The van der Waals surface area contributed by atoms with Crippen molar-refractivity contribution in [1.29, 1.82) is 5.26 Å². The van der Waals surface area contributed by atoms with Crippen molar-refractivity contribution in [3.05, 3.63) is 45.8 Å². The summed E-state index contributed by atoms with van der Waals surface area (Å²) in [5.74, 6) is 1.15. The van der Waals surface area contributed by atoms with Gasteiger partial charge in [-0.15, -0.1) is 11.3 Å². The van der Waals surface area contributed by atoms with Crippen molar-refractivity contribution < 1.29 is 9.53 Å². The number of thiophene rings is 1. The molecule has 0 saturated heterocycles. The van der Waals surface area contributed by atoms with Gasteiger partial charge in [-0.1, -0.05) is 20.8 Å². The maximum absolute atomic E-state index is 12.6. The second-order valence-electron chi connectivity index (χ2n) is 8.04. The molecule has 1 aromatic heterocycles. The third-order valence-electron chi connectivity index (χ3n) is 5.26. The van der Waals surface area contributed by atoms with Gasteiger partial charge >= 0.3 is 0 Å². The van der Waals surface area contributed by atoms with E-state index in [9.17, 15) is 10.1 Å². The van der Waals surface area contributed by atoms with Gasteiger partial charge in [0.05, 0.1) is 12.2 Å². The molecule has 1 amide bonds. The molecule has 0 spiro atoms. The Balaban J connectivity index is 1.80. The second-order valence-corrected chi connectivity index (χ2v) is 9.14. The van der Waals surface area contributed by atoms with Crippen molar-refractivity contribution in [2.45, 2.75) is 47.0 Å². The molecule has 142 valence electrons. The molecule has 0 aliphatic heterocycles. The minimum absolute atomic E-state index is 0.194. The zero-order valence-electron chi connectivity index (χ0n) is 16.4. The van der Waals surface area contributed by atoms with Gasteiger partial charge in [0.15, 0.2) is 0 Å². The fourth-order valence-corrected chi connectivity index (χ4v) is 4.85. The number of rotatable bonds is 4. The molecule has 1 aliphatic rings. The number of fused-ring (bicyclic) bond motifs is 1. The van der Waals surface area contributed by atoms with Crippen LogP contribution in [0.4, 0.5) is 5.00 Å². The summed E-state index contributed by atoms with van der Waals surface area (Å²) >= 11 is 1.56. The quantitative estimate of drug-likeness (QED) is 0.768. The van der Waals surface area contributed by atoms with Gasteiger partial charge in [0.1, 0.15) is 16.8 Å². The van der Waals surface area contributed by atoms with Crippen LogP contribution in [0, 0.1) is 22.7 Å². The van der Waals surface area contributed by atoms with Crippen LogP contribution in [-0.4, -0.2) is 12.5 Å². The zero-order chi connectivity index (χ0) is 19.6. The van der Waals surface area contributed by atoms with Crippen LogP contribution in [0.3, 0.4) is 0 Å². The summed E-state index contributed by atoms with van der Waals surface area (Å²) in [5.41, 5.74) is 2.58. The molecule has 0 bridgehead atoms. The number of nitriles is 1. The second kappa shape index (κ2) is 7.74. The normalized spacial score (nSPS) is 16.3. The van der Waals surface area contributed by atoms with Gasteiger partial charge in [0.2, 0.25) is 0 Å². The van der Waals surface area contributed by atoms with Crippen molar-refractivity contribution in [2.24, 2.45) is 11.3 Å². The predicted molar refractivity (Wildman–Crippen MR) is 110 cm³/mol. The van der Waals surface area contributed by atoms with Gasteiger partial charge in [-0.25, -0.2) is 0 Å². The highest BCUT2D eigenvalue weighted by Gasteiger charge is 2.32. The van der Waals surface area contributed by atoms with Crippen molar-refractivity contribution in [2.75, 3.05) is 11.9 Å². The number of anilines is 1. The van der Waals surface area contributed by atoms with E-state index in [2.05, 4.69) is 32.2 Å². The van der Waals surface area contributed by atoms with Crippen LogP contribution in [0.15, 0.2) is 24.3 Å². The Hall–Kier alpha value is -2.32. The Bertz CT molecular complexity index is 869. The number of hydrogen-bond donors (Lipinski definition) is 1. The third kappa shape index (κ3) is 4.17. The molecule has 0 radical (unpaired) electrons. The van der Waals surface area contributed by atoms with Crippen LogP contribution in [0.25, 0.3) is 0 Å². The summed E-state index contributed by atoms with van der Waals surface area (Å²) in [5, 5.41) is 13.3. The number of amides is 1. The predicted octanol–water partition coefficient (Wildman–Crippen LogP) is 5.42. The van der Waals surface area contributed by atoms with E-state index in [-0.39, 0.29) is 11.3 Å². The van der Waals surface area contributed by atoms with Gasteiger partial charge < -0.3 is 10.1 Å². The Morgan fingerprint density at radius 1 is 1.33 bits per heavy atom. The molecular formula is C22H26N2O2S. The number of carbonyl (C=O) groups is 1. The van der Waals surface area contributed by atoms with E-state index in [1.807, 2.05) is 6.92 Å². The Morgan fingerprint density at radius 2 is 2.04 bits per heavy atom. The first-order chi connectivity index (χ1) is 12.8. The maximum atomic E-state index is 12.6. The first-order valence-corrected chi connectivity index (χ1v) is 10.2. The fourth-order valence-electron chi connectivity index (χ4n) is 3.58. The standard InChI is InChI=1S/C22H26N2O2S/c1-5-26-16-9-6-14(7-10-16)20(25)24-21-18(13-23)17-11-8-15(22(2,3)4)12-19(17)27-21/h6-7,9-10,15H,5,8,11-12H2,1-4H3,(H,24,25)/t15-/m0/s1. The van der Waals surface area contributed by atoms with Gasteiger partial charge in [-0.2, -0.15) is 5.26 Å². The van der Waals surface area contributed by atoms with E-state index < -0.39 is 0 Å². The molecule has 1 atom stereocenters. The first kappa shape index (κ1) is 19.4. The van der Waals surface area contributed by atoms with E-state index >= 15 is 0 Å². The number of hydrogen-bond acceptors (Lipinski definition) is 4. The molecule has 2 aromatic rings. The number of ether oxygens (including phenoxy) is 1. The summed E-state index contributed by atoms with van der Waals surface area (Å²) in [7, 11) is 0. The molecule has 5 heteroatoms. The Labute approximate surface area is 165 Å². The maximum Gasteiger partial charge on any atom is 0.256 e. The van der Waals surface area contributed by atoms with Crippen LogP contribution in [-0.2, 0) is 12.8 Å². The van der Waals surface area contributed by atoms with E-state index in [1.165, 1.54) is 4.88 Å². The summed E-state index contributed by atoms with van der Waals surface area (Å²) in [6.45, 7) is 9.34. The molecule has 1 N–H and O–H groups in total. The summed E-state index contributed by atoms with van der Waals surface area (Å²) in [6, 6.07) is 9.38. The van der Waals surface area contributed by atoms with Crippen molar-refractivity contribution in [3.63, 3.8) is 0 Å². The molecule has 0 fully saturated rings. The lowest BCUT2D eigenvalue weighted by Gasteiger charge is -2.33. The van der Waals surface area contributed by atoms with Crippen molar-refractivity contribution >= 4 is 22.2 Å². The van der Waals surface area contributed by atoms with E-state index in [0.29, 0.717) is 28.7 Å². The van der Waals surface area contributed by atoms with Gasteiger partial charge in [-0.05, 0) is 67.3 Å². The third-order valence-corrected chi connectivity index (χ3v) is 6.43. The van der Waals surface area contributed by atoms with Crippen molar-refractivity contribution in [3.8, 4) is 11.8 Å². The largest absolute Gasteiger partial charge is 0.494 e. The molecule has 3 rings (SSSR count). The molecule has 1 aromatic carbocycles. The number of nitrogens with one attached hydrogen (secondary N) is 1. The molecule has 4 nitrogen and oxygen atoms in total. The first-order valence-electron chi connectivity index (χ1n) is 9.42. The molecular weight excluding hydrogens is 356 g/mol. The monoisotopic (exact) mass is 382 g/mol. The molecule has 1 heterocycles. The van der Waals surface area contributed by atoms with Gasteiger partial charge in [0.25, 0.3) is 5.91 Å². The topological polar surface area (TPSA) is 62.1 Å². The molecule has 1 aliphatic carbocycles. The fraction of sp³-hybridized carbons (Fsp3) is 0.455. The van der Waals surface area contributed by atoms with Crippen LogP contribution in [0.5, 0.6) is 5.75 Å². The minimum Gasteiger partial charge on any atom is -0.494 e. The van der Waals surface area contributed by atoms with Gasteiger partial charge in [-0.3, -0.25) is 4.79 Å². The highest BCUT2D eigenvalue weighted by atomic mass is 32.1.